The summed E-state index contributed by atoms with van der Waals surface area (Å²) in [6.45, 7) is 0. The van der Waals surface area contributed by atoms with Gasteiger partial charge in [-0.25, -0.2) is 4.99 Å². The lowest BCUT2D eigenvalue weighted by Crippen LogP contribution is -2.24. The number of para-hydroxylation sites is 2. The van der Waals surface area contributed by atoms with Crippen LogP contribution in [0, 0.1) is 0 Å². The molecular weight excluding hydrogens is 611 g/mol. The molecule has 1 unspecified atom stereocenters. The molecular formula is C46H29N3O. The Balaban J connectivity index is 1.20. The summed E-state index contributed by atoms with van der Waals surface area (Å²) in [5, 5.41) is 13.2. The zero-order chi connectivity index (χ0) is 32.8. The lowest BCUT2D eigenvalue weighted by molar-refractivity contribution is 0.624. The Morgan fingerprint density at radius 1 is 0.500 bits per heavy atom. The summed E-state index contributed by atoms with van der Waals surface area (Å²) < 4.78 is 9.02. The number of aromatic nitrogens is 1. The van der Waals surface area contributed by atoms with Crippen molar-refractivity contribution in [1.29, 1.82) is 0 Å². The van der Waals surface area contributed by atoms with Crippen LogP contribution in [0.1, 0.15) is 17.4 Å². The topological polar surface area (TPSA) is 42.5 Å². The zero-order valence-corrected chi connectivity index (χ0v) is 27.0. The molecule has 11 rings (SSSR count). The highest BCUT2D eigenvalue weighted by atomic mass is 16.3. The van der Waals surface area contributed by atoms with Gasteiger partial charge in [-0.2, -0.15) is 0 Å². The maximum Gasteiger partial charge on any atom is 0.201 e. The maximum atomic E-state index is 6.66. The van der Waals surface area contributed by atoms with Gasteiger partial charge >= 0.3 is 0 Å². The molecule has 4 heteroatoms. The van der Waals surface area contributed by atoms with Crippen molar-refractivity contribution in [3.05, 3.63) is 175 Å². The molecule has 10 aromatic rings. The van der Waals surface area contributed by atoms with Crippen LogP contribution >= 0.6 is 0 Å². The average Bonchev–Trinajstić information content (AvgIpc) is 3.72. The predicted octanol–water partition coefficient (Wildman–Crippen LogP) is 12.1. The van der Waals surface area contributed by atoms with Crippen molar-refractivity contribution in [3.63, 3.8) is 0 Å². The molecule has 234 valence electrons. The Morgan fingerprint density at radius 2 is 1.14 bits per heavy atom. The fraction of sp³-hybridized carbons (Fsp3) is 0.0217. The van der Waals surface area contributed by atoms with Gasteiger partial charge in [0.25, 0.3) is 0 Å². The van der Waals surface area contributed by atoms with Gasteiger partial charge in [-0.3, -0.25) is 0 Å². The molecule has 0 amide bonds. The van der Waals surface area contributed by atoms with Crippen LogP contribution in [0.25, 0.3) is 76.4 Å². The molecule has 3 heterocycles. The number of benzene rings is 8. The Hall–Kier alpha value is -6.65. The number of rotatable bonds is 3. The first-order valence-electron chi connectivity index (χ1n) is 17.1. The fourth-order valence-corrected chi connectivity index (χ4v) is 7.99. The smallest absolute Gasteiger partial charge is 0.201 e. The minimum absolute atomic E-state index is 0.403. The van der Waals surface area contributed by atoms with Crippen LogP contribution in [-0.2, 0) is 0 Å². The molecule has 0 saturated heterocycles. The van der Waals surface area contributed by atoms with Crippen molar-refractivity contribution in [2.75, 3.05) is 5.32 Å². The van der Waals surface area contributed by atoms with E-state index in [-0.39, 0.29) is 0 Å². The van der Waals surface area contributed by atoms with Gasteiger partial charge in [-0.1, -0.05) is 121 Å². The van der Waals surface area contributed by atoms with E-state index < -0.39 is 6.29 Å². The SMILES string of the molecule is c1ccc2c(c1)NC(n1c3cc(-c4ccc5ccccc5c4)ccc3c3c4oc5ccccc5c4ccc31)N=C2c1ccc2ccccc2c1. The second-order valence-electron chi connectivity index (χ2n) is 13.2. The van der Waals surface area contributed by atoms with Crippen molar-refractivity contribution in [1.82, 2.24) is 4.57 Å². The van der Waals surface area contributed by atoms with E-state index in [4.69, 9.17) is 9.41 Å². The van der Waals surface area contributed by atoms with Crippen LogP contribution in [0.5, 0.6) is 0 Å². The largest absolute Gasteiger partial charge is 0.455 e. The normalized spacial score (nSPS) is 14.5. The first-order valence-corrected chi connectivity index (χ1v) is 17.1. The second kappa shape index (κ2) is 10.4. The van der Waals surface area contributed by atoms with Crippen LogP contribution in [0.15, 0.2) is 173 Å². The van der Waals surface area contributed by atoms with E-state index in [1.807, 2.05) is 6.07 Å². The molecule has 1 N–H and O–H groups in total. The van der Waals surface area contributed by atoms with E-state index in [2.05, 4.69) is 168 Å². The Kier molecular flexibility index (Phi) is 5.69. The number of hydrogen-bond donors (Lipinski definition) is 1. The second-order valence-corrected chi connectivity index (χ2v) is 13.2. The monoisotopic (exact) mass is 639 g/mol. The van der Waals surface area contributed by atoms with E-state index in [1.165, 1.54) is 27.1 Å². The van der Waals surface area contributed by atoms with Crippen molar-refractivity contribution in [3.8, 4) is 11.1 Å². The third-order valence-electron chi connectivity index (χ3n) is 10.4. The number of nitrogens with one attached hydrogen (secondary N) is 1. The van der Waals surface area contributed by atoms with Crippen LogP contribution in [0.2, 0.25) is 0 Å². The quantitative estimate of drug-likeness (QED) is 0.209. The summed E-state index contributed by atoms with van der Waals surface area (Å²) in [5.41, 5.74) is 10.5. The van der Waals surface area contributed by atoms with Gasteiger partial charge in [-0.15, -0.1) is 0 Å². The van der Waals surface area contributed by atoms with Crippen molar-refractivity contribution >= 4 is 76.7 Å². The highest BCUT2D eigenvalue weighted by molar-refractivity contribution is 6.24. The number of aliphatic imine (C=N–C) groups is 1. The van der Waals surface area contributed by atoms with Crippen LogP contribution < -0.4 is 5.32 Å². The van der Waals surface area contributed by atoms with E-state index in [0.717, 1.165) is 71.8 Å². The van der Waals surface area contributed by atoms with Gasteiger partial charge in [0.1, 0.15) is 11.2 Å². The van der Waals surface area contributed by atoms with Gasteiger partial charge in [0.15, 0.2) is 0 Å². The summed E-state index contributed by atoms with van der Waals surface area (Å²) in [6.07, 6.45) is -0.403. The minimum atomic E-state index is -0.403. The van der Waals surface area contributed by atoms with Crippen molar-refractivity contribution in [2.45, 2.75) is 6.29 Å². The van der Waals surface area contributed by atoms with Crippen molar-refractivity contribution in [2.24, 2.45) is 4.99 Å². The average molecular weight is 640 g/mol. The summed E-state index contributed by atoms with van der Waals surface area (Å²) in [6, 6.07) is 58.5. The number of fused-ring (bicyclic) bond motifs is 10. The van der Waals surface area contributed by atoms with Gasteiger partial charge in [0.2, 0.25) is 6.29 Å². The number of hydrogen-bond acceptors (Lipinski definition) is 3. The summed E-state index contributed by atoms with van der Waals surface area (Å²) >= 11 is 0. The fourth-order valence-electron chi connectivity index (χ4n) is 7.99. The number of anilines is 1. The lowest BCUT2D eigenvalue weighted by Gasteiger charge is -2.28. The minimum Gasteiger partial charge on any atom is -0.455 e. The van der Waals surface area contributed by atoms with Gasteiger partial charge in [0.05, 0.1) is 22.1 Å². The molecule has 2 aromatic heterocycles. The summed E-state index contributed by atoms with van der Waals surface area (Å²) in [4.78, 5) is 5.55. The molecule has 1 aliphatic rings. The Morgan fingerprint density at radius 3 is 1.98 bits per heavy atom. The molecule has 8 aromatic carbocycles. The number of nitrogens with zero attached hydrogens (tertiary/aromatic N) is 2. The van der Waals surface area contributed by atoms with Gasteiger partial charge < -0.3 is 14.3 Å². The standard InChI is InChI=1S/C46H29N3O/c1-3-11-30-25-32(19-17-28(30)9-1)33-21-22-38-41(27-33)49(40-24-23-36-35-13-6-8-16-42(35)50-45(36)43(38)40)46-47-39-15-7-5-14-37(39)44(48-46)34-20-18-29-10-2-4-12-31(29)26-34/h1-27,46-47H. The number of furan rings is 1. The Labute approximate surface area is 287 Å². The first-order chi connectivity index (χ1) is 24.8. The van der Waals surface area contributed by atoms with Gasteiger partial charge in [-0.05, 0) is 75.1 Å². The van der Waals surface area contributed by atoms with E-state index in [0.29, 0.717) is 0 Å². The molecule has 0 aliphatic carbocycles. The van der Waals surface area contributed by atoms with Crippen LogP contribution in [0.3, 0.4) is 0 Å². The maximum absolute atomic E-state index is 6.66. The highest BCUT2D eigenvalue weighted by Gasteiger charge is 2.27. The van der Waals surface area contributed by atoms with E-state index in [1.54, 1.807) is 0 Å². The molecule has 50 heavy (non-hydrogen) atoms. The molecule has 0 fully saturated rings. The first kappa shape index (κ1) is 27.3. The van der Waals surface area contributed by atoms with Crippen LogP contribution in [-0.4, -0.2) is 10.3 Å². The molecule has 0 bridgehead atoms. The molecule has 0 spiro atoms. The zero-order valence-electron chi connectivity index (χ0n) is 27.0. The highest BCUT2D eigenvalue weighted by Crippen LogP contribution is 2.43. The third-order valence-corrected chi connectivity index (χ3v) is 10.4. The molecule has 1 atom stereocenters. The summed E-state index contributed by atoms with van der Waals surface area (Å²) in [7, 11) is 0. The lowest BCUT2D eigenvalue weighted by atomic mass is 9.97. The Bertz CT molecular complexity index is 3040. The third kappa shape index (κ3) is 4.02. The van der Waals surface area contributed by atoms with Crippen LogP contribution in [0.4, 0.5) is 5.69 Å². The summed E-state index contributed by atoms with van der Waals surface area (Å²) in [5.74, 6) is 0. The molecule has 1 aliphatic heterocycles. The van der Waals surface area contributed by atoms with E-state index >= 15 is 0 Å². The molecule has 4 nitrogen and oxygen atoms in total. The molecule has 0 radical (unpaired) electrons. The molecule has 0 saturated carbocycles. The van der Waals surface area contributed by atoms with Gasteiger partial charge in [0, 0.05) is 33.0 Å². The van der Waals surface area contributed by atoms with Crippen molar-refractivity contribution < 1.29 is 4.42 Å². The predicted molar refractivity (Wildman–Crippen MR) is 208 cm³/mol. The van der Waals surface area contributed by atoms with E-state index in [9.17, 15) is 0 Å².